The number of fused-ring (bicyclic) bond motifs is 3. The van der Waals surface area contributed by atoms with Crippen LogP contribution in [-0.4, -0.2) is 21.9 Å². The van der Waals surface area contributed by atoms with Crippen molar-refractivity contribution in [1.82, 2.24) is 9.38 Å². The number of aromatic nitrogens is 2. The lowest BCUT2D eigenvalue weighted by Gasteiger charge is -2.06. The van der Waals surface area contributed by atoms with Crippen LogP contribution in [0.3, 0.4) is 0 Å². The second-order valence-electron chi connectivity index (χ2n) is 4.83. The number of anilines is 1. The molecule has 5 nitrogen and oxygen atoms in total. The zero-order valence-electron chi connectivity index (χ0n) is 11.9. The smallest absolute Gasteiger partial charge is 0.387 e. The van der Waals surface area contributed by atoms with Crippen LogP contribution in [0.4, 0.5) is 14.5 Å². The maximum atomic E-state index is 12.3. The molecule has 122 valence electrons. The lowest BCUT2D eigenvalue weighted by molar-refractivity contribution is -0.0498. The van der Waals surface area contributed by atoms with E-state index in [1.165, 1.54) is 46.9 Å². The number of imidazole rings is 1. The van der Waals surface area contributed by atoms with Crippen molar-refractivity contribution in [3.05, 3.63) is 46.8 Å². The highest BCUT2D eigenvalue weighted by Crippen LogP contribution is 2.29. The Morgan fingerprint density at radius 2 is 2.08 bits per heavy atom. The van der Waals surface area contributed by atoms with Crippen molar-refractivity contribution in [3.63, 3.8) is 0 Å². The van der Waals surface area contributed by atoms with E-state index in [2.05, 4.69) is 15.0 Å². The van der Waals surface area contributed by atoms with Crippen molar-refractivity contribution in [3.8, 4) is 5.75 Å². The third kappa shape index (κ3) is 2.72. The summed E-state index contributed by atoms with van der Waals surface area (Å²) >= 11 is 2.84. The van der Waals surface area contributed by atoms with Crippen LogP contribution in [0.25, 0.3) is 15.3 Å². The number of thiazole rings is 1. The number of hydrogen-bond acceptors (Lipinski definition) is 5. The molecule has 0 unspecified atom stereocenters. The summed E-state index contributed by atoms with van der Waals surface area (Å²) < 4.78 is 30.4. The largest absolute Gasteiger partial charge is 0.435 e. The monoisotopic (exact) mass is 365 g/mol. The third-order valence-corrected chi connectivity index (χ3v) is 5.07. The van der Waals surface area contributed by atoms with Crippen molar-refractivity contribution >= 4 is 49.6 Å². The van der Waals surface area contributed by atoms with Crippen LogP contribution in [-0.2, 0) is 0 Å². The Bertz CT molecular complexity index is 1020. The molecule has 0 saturated carbocycles. The van der Waals surface area contributed by atoms with Crippen LogP contribution in [0.2, 0.25) is 0 Å². The summed E-state index contributed by atoms with van der Waals surface area (Å²) in [5.41, 5.74) is 1.39. The number of rotatable bonds is 4. The van der Waals surface area contributed by atoms with Gasteiger partial charge in [0.1, 0.15) is 10.6 Å². The molecule has 1 N–H and O–H groups in total. The van der Waals surface area contributed by atoms with Crippen molar-refractivity contribution in [1.29, 1.82) is 0 Å². The summed E-state index contributed by atoms with van der Waals surface area (Å²) in [4.78, 5) is 19.0. The standard InChI is InChI=1S/C15H9F2N3O2S2/c16-14(17)22-9-3-1-8(2-4-9)18-12(21)11-7-10-13(24-11)19-15-20(10)5-6-23-15/h1-7,14H,(H,18,21). The van der Waals surface area contributed by atoms with E-state index in [-0.39, 0.29) is 11.7 Å². The van der Waals surface area contributed by atoms with E-state index in [1.807, 2.05) is 16.0 Å². The molecule has 0 aliphatic rings. The minimum Gasteiger partial charge on any atom is -0.435 e. The molecule has 0 aliphatic heterocycles. The molecule has 0 bridgehead atoms. The van der Waals surface area contributed by atoms with Gasteiger partial charge in [0.25, 0.3) is 5.91 Å². The number of thiophene rings is 1. The average molecular weight is 365 g/mol. The second-order valence-corrected chi connectivity index (χ2v) is 6.73. The number of nitrogens with one attached hydrogen (secondary N) is 1. The van der Waals surface area contributed by atoms with Gasteiger partial charge in [-0.05, 0) is 30.3 Å². The summed E-state index contributed by atoms with van der Waals surface area (Å²) in [6, 6.07) is 7.55. The van der Waals surface area contributed by atoms with E-state index in [0.717, 1.165) is 15.3 Å². The fraction of sp³-hybridized carbons (Fsp3) is 0.0667. The molecule has 3 aromatic heterocycles. The molecule has 4 aromatic rings. The first-order valence-electron chi connectivity index (χ1n) is 6.81. The number of benzene rings is 1. The molecule has 0 saturated heterocycles. The van der Waals surface area contributed by atoms with E-state index >= 15 is 0 Å². The number of amides is 1. The summed E-state index contributed by atoms with van der Waals surface area (Å²) in [6.07, 6.45) is 1.91. The van der Waals surface area contributed by atoms with E-state index in [1.54, 1.807) is 6.07 Å². The van der Waals surface area contributed by atoms with Gasteiger partial charge in [0.15, 0.2) is 4.96 Å². The van der Waals surface area contributed by atoms with E-state index in [0.29, 0.717) is 10.6 Å². The van der Waals surface area contributed by atoms with E-state index in [4.69, 9.17) is 0 Å². The quantitative estimate of drug-likeness (QED) is 0.581. The van der Waals surface area contributed by atoms with Crippen molar-refractivity contribution in [2.75, 3.05) is 5.32 Å². The Balaban J connectivity index is 1.54. The molecule has 0 spiro atoms. The lowest BCUT2D eigenvalue weighted by Crippen LogP contribution is -2.10. The van der Waals surface area contributed by atoms with Crippen molar-refractivity contribution in [2.45, 2.75) is 6.61 Å². The Morgan fingerprint density at radius 3 is 2.83 bits per heavy atom. The van der Waals surface area contributed by atoms with Crippen LogP contribution in [0.1, 0.15) is 9.67 Å². The molecule has 4 rings (SSSR count). The summed E-state index contributed by atoms with van der Waals surface area (Å²) in [5.74, 6) is -0.234. The Morgan fingerprint density at radius 1 is 1.29 bits per heavy atom. The number of alkyl halides is 2. The number of nitrogens with zero attached hydrogens (tertiary/aromatic N) is 2. The predicted molar refractivity (Wildman–Crippen MR) is 89.5 cm³/mol. The van der Waals surface area contributed by atoms with Gasteiger partial charge < -0.3 is 10.1 Å². The summed E-state index contributed by atoms with van der Waals surface area (Å²) in [5, 5.41) is 4.66. The topological polar surface area (TPSA) is 55.6 Å². The van der Waals surface area contributed by atoms with Gasteiger partial charge in [0, 0.05) is 17.3 Å². The first-order valence-corrected chi connectivity index (χ1v) is 8.51. The number of carbonyl (C=O) groups excluding carboxylic acids is 1. The van der Waals surface area contributed by atoms with Gasteiger partial charge in [-0.2, -0.15) is 8.78 Å². The third-order valence-electron chi connectivity index (χ3n) is 3.30. The minimum absolute atomic E-state index is 0.0401. The van der Waals surface area contributed by atoms with Gasteiger partial charge in [-0.1, -0.05) is 0 Å². The molecule has 0 fully saturated rings. The molecule has 9 heteroatoms. The van der Waals surface area contributed by atoms with Gasteiger partial charge >= 0.3 is 6.61 Å². The van der Waals surface area contributed by atoms with Crippen LogP contribution in [0.15, 0.2) is 41.9 Å². The van der Waals surface area contributed by atoms with Crippen molar-refractivity contribution in [2.24, 2.45) is 0 Å². The SMILES string of the molecule is O=C(Nc1ccc(OC(F)F)cc1)c1cc2c(nc3sccn32)s1. The number of hydrogen-bond donors (Lipinski definition) is 1. The molecule has 3 heterocycles. The molecule has 0 atom stereocenters. The molecule has 1 aromatic carbocycles. The van der Waals surface area contributed by atoms with Gasteiger partial charge in [0.05, 0.1) is 10.4 Å². The highest BCUT2D eigenvalue weighted by atomic mass is 32.1. The molecular formula is C15H9F2N3O2S2. The average Bonchev–Trinajstić information content (AvgIpc) is 3.20. The highest BCUT2D eigenvalue weighted by molar-refractivity contribution is 7.21. The molecular weight excluding hydrogens is 356 g/mol. The molecule has 1 amide bonds. The number of halogens is 2. The summed E-state index contributed by atoms with van der Waals surface area (Å²) in [6.45, 7) is -2.87. The normalized spacial score (nSPS) is 11.5. The first-order chi connectivity index (χ1) is 11.6. The predicted octanol–water partition coefficient (Wildman–Crippen LogP) is 4.46. The lowest BCUT2D eigenvalue weighted by atomic mass is 10.3. The van der Waals surface area contributed by atoms with E-state index < -0.39 is 6.61 Å². The van der Waals surface area contributed by atoms with Crippen LogP contribution in [0.5, 0.6) is 5.75 Å². The molecule has 0 aliphatic carbocycles. The van der Waals surface area contributed by atoms with Crippen LogP contribution < -0.4 is 10.1 Å². The fourth-order valence-electron chi connectivity index (χ4n) is 2.27. The first kappa shape index (κ1) is 15.0. The van der Waals surface area contributed by atoms with Crippen molar-refractivity contribution < 1.29 is 18.3 Å². The molecule has 24 heavy (non-hydrogen) atoms. The second kappa shape index (κ2) is 5.84. The summed E-state index contributed by atoms with van der Waals surface area (Å²) in [7, 11) is 0. The highest BCUT2D eigenvalue weighted by Gasteiger charge is 2.15. The minimum atomic E-state index is -2.87. The molecule has 0 radical (unpaired) electrons. The van der Waals surface area contributed by atoms with Gasteiger partial charge in [-0.15, -0.1) is 22.7 Å². The number of carbonyl (C=O) groups is 1. The maximum absolute atomic E-state index is 12.3. The maximum Gasteiger partial charge on any atom is 0.387 e. The van der Waals surface area contributed by atoms with Crippen LogP contribution >= 0.6 is 22.7 Å². The van der Waals surface area contributed by atoms with Gasteiger partial charge in [-0.25, -0.2) is 4.98 Å². The van der Waals surface area contributed by atoms with E-state index in [9.17, 15) is 13.6 Å². The number of ether oxygens (including phenoxy) is 1. The zero-order valence-corrected chi connectivity index (χ0v) is 13.5. The van der Waals surface area contributed by atoms with Gasteiger partial charge in [0.2, 0.25) is 0 Å². The Labute approximate surface area is 142 Å². The Hall–Kier alpha value is -2.52. The van der Waals surface area contributed by atoms with Crippen LogP contribution in [0, 0.1) is 0 Å². The zero-order chi connectivity index (χ0) is 16.7. The fourth-order valence-corrected chi connectivity index (χ4v) is 3.97. The van der Waals surface area contributed by atoms with Gasteiger partial charge in [-0.3, -0.25) is 9.20 Å². The Kier molecular flexibility index (Phi) is 3.66.